The average Bonchev–Trinajstić information content (AvgIpc) is 2.47. The maximum Gasteiger partial charge on any atom is 0.311 e. The highest BCUT2D eigenvalue weighted by Gasteiger charge is 2.18. The first-order valence-electron chi connectivity index (χ1n) is 6.49. The van der Waals surface area contributed by atoms with Gasteiger partial charge >= 0.3 is 5.69 Å². The summed E-state index contributed by atoms with van der Waals surface area (Å²) in [4.78, 5) is 10.6. The minimum atomic E-state index is -0.506. The predicted molar refractivity (Wildman–Crippen MR) is 81.8 cm³/mol. The Morgan fingerprint density at radius 3 is 2.67 bits per heavy atom. The van der Waals surface area contributed by atoms with E-state index in [9.17, 15) is 10.1 Å². The molecule has 5 nitrogen and oxygen atoms in total. The minimum Gasteiger partial charge on any atom is -0.450 e. The Kier molecular flexibility index (Phi) is 4.77. The average molecular weight is 307 g/mol. The van der Waals surface area contributed by atoms with E-state index < -0.39 is 4.92 Å². The highest BCUT2D eigenvalue weighted by Crippen LogP contribution is 2.36. The van der Waals surface area contributed by atoms with Gasteiger partial charge in [0.25, 0.3) is 0 Å². The molecule has 2 aromatic carbocycles. The Bertz CT molecular complexity index is 661. The second-order valence-electron chi connectivity index (χ2n) is 4.52. The van der Waals surface area contributed by atoms with Crippen molar-refractivity contribution in [3.63, 3.8) is 0 Å². The van der Waals surface area contributed by atoms with Crippen molar-refractivity contribution in [2.75, 3.05) is 0 Å². The Morgan fingerprint density at radius 1 is 1.29 bits per heavy atom. The van der Waals surface area contributed by atoms with E-state index in [1.807, 2.05) is 19.1 Å². The molecule has 0 fully saturated rings. The molecule has 0 saturated heterocycles. The van der Waals surface area contributed by atoms with Crippen LogP contribution in [0.3, 0.4) is 0 Å². The Hall–Kier alpha value is -2.11. The van der Waals surface area contributed by atoms with E-state index in [2.05, 4.69) is 0 Å². The summed E-state index contributed by atoms with van der Waals surface area (Å²) in [5, 5.41) is 11.4. The molecule has 0 unspecified atom stereocenters. The molecule has 0 amide bonds. The SMILES string of the molecule is CC[C@@H](N)c1ccccc1Oc1cc(Cl)ccc1[N+](=O)[O-]. The first-order chi connectivity index (χ1) is 10.0. The summed E-state index contributed by atoms with van der Waals surface area (Å²) in [5.74, 6) is 0.598. The van der Waals surface area contributed by atoms with Gasteiger partial charge in [0, 0.05) is 28.8 Å². The number of hydrogen-bond acceptors (Lipinski definition) is 4. The summed E-state index contributed by atoms with van der Waals surface area (Å²) < 4.78 is 5.70. The summed E-state index contributed by atoms with van der Waals surface area (Å²) in [5.41, 5.74) is 6.70. The summed E-state index contributed by atoms with van der Waals surface area (Å²) >= 11 is 5.89. The van der Waals surface area contributed by atoms with Gasteiger partial charge in [-0.1, -0.05) is 36.7 Å². The van der Waals surface area contributed by atoms with Crippen molar-refractivity contribution in [2.45, 2.75) is 19.4 Å². The van der Waals surface area contributed by atoms with Gasteiger partial charge in [0.1, 0.15) is 5.75 Å². The molecule has 2 N–H and O–H groups in total. The van der Waals surface area contributed by atoms with E-state index >= 15 is 0 Å². The van der Waals surface area contributed by atoms with Crippen molar-refractivity contribution in [1.82, 2.24) is 0 Å². The van der Waals surface area contributed by atoms with Crippen LogP contribution in [0.1, 0.15) is 24.9 Å². The van der Waals surface area contributed by atoms with Crippen molar-refractivity contribution >= 4 is 17.3 Å². The molecule has 0 aliphatic heterocycles. The van der Waals surface area contributed by atoms with E-state index in [1.54, 1.807) is 12.1 Å². The Balaban J connectivity index is 2.43. The number of rotatable bonds is 5. The molecule has 0 bridgehead atoms. The van der Waals surface area contributed by atoms with Crippen LogP contribution in [0.4, 0.5) is 5.69 Å². The van der Waals surface area contributed by atoms with Crippen LogP contribution in [0.2, 0.25) is 5.02 Å². The lowest BCUT2D eigenvalue weighted by molar-refractivity contribution is -0.385. The number of hydrogen-bond donors (Lipinski definition) is 1. The topological polar surface area (TPSA) is 78.4 Å². The molecule has 21 heavy (non-hydrogen) atoms. The number of nitro groups is 1. The zero-order valence-electron chi connectivity index (χ0n) is 11.5. The second kappa shape index (κ2) is 6.56. The number of benzene rings is 2. The molecule has 0 saturated carbocycles. The van der Waals surface area contributed by atoms with Crippen molar-refractivity contribution in [2.24, 2.45) is 5.73 Å². The van der Waals surface area contributed by atoms with Crippen LogP contribution in [0.15, 0.2) is 42.5 Å². The fourth-order valence-corrected chi connectivity index (χ4v) is 2.10. The first-order valence-corrected chi connectivity index (χ1v) is 6.87. The number of para-hydroxylation sites is 1. The molecule has 0 radical (unpaired) electrons. The molecular weight excluding hydrogens is 292 g/mol. The number of ether oxygens (including phenoxy) is 1. The fraction of sp³-hybridized carbons (Fsp3) is 0.200. The van der Waals surface area contributed by atoms with Gasteiger partial charge in [0.2, 0.25) is 5.75 Å². The number of nitro benzene ring substituents is 1. The highest BCUT2D eigenvalue weighted by atomic mass is 35.5. The standard InChI is InChI=1S/C15H15ClN2O3/c1-2-12(17)11-5-3-4-6-14(11)21-15-9-10(16)7-8-13(15)18(19)20/h3-9,12H,2,17H2,1H3/t12-/m1/s1. The molecule has 0 aliphatic rings. The van der Waals surface area contributed by atoms with Gasteiger partial charge in [-0.3, -0.25) is 10.1 Å². The van der Waals surface area contributed by atoms with Crippen LogP contribution in [-0.4, -0.2) is 4.92 Å². The molecule has 1 atom stereocenters. The van der Waals surface area contributed by atoms with Gasteiger partial charge in [-0.05, 0) is 18.6 Å². The van der Waals surface area contributed by atoms with Crippen molar-refractivity contribution in [3.8, 4) is 11.5 Å². The van der Waals surface area contributed by atoms with E-state index in [-0.39, 0.29) is 17.5 Å². The molecule has 0 heterocycles. The normalized spacial score (nSPS) is 12.0. The monoisotopic (exact) mass is 306 g/mol. The van der Waals surface area contributed by atoms with Gasteiger partial charge in [-0.15, -0.1) is 0 Å². The Morgan fingerprint density at radius 2 is 2.00 bits per heavy atom. The summed E-state index contributed by atoms with van der Waals surface area (Å²) in [7, 11) is 0. The second-order valence-corrected chi connectivity index (χ2v) is 4.96. The van der Waals surface area contributed by atoms with E-state index in [1.165, 1.54) is 18.2 Å². The maximum atomic E-state index is 11.1. The summed E-state index contributed by atoms with van der Waals surface area (Å²) in [6.07, 6.45) is 0.734. The van der Waals surface area contributed by atoms with Gasteiger partial charge in [0.05, 0.1) is 4.92 Å². The molecular formula is C15H15ClN2O3. The number of nitrogens with zero attached hydrogens (tertiary/aromatic N) is 1. The lowest BCUT2D eigenvalue weighted by atomic mass is 10.0. The fourth-order valence-electron chi connectivity index (χ4n) is 1.94. The van der Waals surface area contributed by atoms with E-state index in [0.29, 0.717) is 10.8 Å². The maximum absolute atomic E-state index is 11.1. The van der Waals surface area contributed by atoms with Gasteiger partial charge in [0.15, 0.2) is 0 Å². The molecule has 2 aromatic rings. The van der Waals surface area contributed by atoms with Crippen LogP contribution >= 0.6 is 11.6 Å². The van der Waals surface area contributed by atoms with E-state index in [4.69, 9.17) is 22.1 Å². The van der Waals surface area contributed by atoms with Crippen molar-refractivity contribution < 1.29 is 9.66 Å². The van der Waals surface area contributed by atoms with Crippen molar-refractivity contribution in [1.29, 1.82) is 0 Å². The number of halogens is 1. The van der Waals surface area contributed by atoms with Crippen LogP contribution in [0.25, 0.3) is 0 Å². The first kappa shape index (κ1) is 15.3. The molecule has 0 aliphatic carbocycles. The van der Waals surface area contributed by atoms with E-state index in [0.717, 1.165) is 12.0 Å². The molecule has 0 spiro atoms. The lowest BCUT2D eigenvalue weighted by Crippen LogP contribution is -2.09. The van der Waals surface area contributed by atoms with Gasteiger partial charge in [-0.25, -0.2) is 0 Å². The molecule has 2 rings (SSSR count). The minimum absolute atomic E-state index is 0.100. The summed E-state index contributed by atoms with van der Waals surface area (Å²) in [6, 6.07) is 11.2. The largest absolute Gasteiger partial charge is 0.450 e. The van der Waals surface area contributed by atoms with Crippen LogP contribution in [0, 0.1) is 10.1 Å². The van der Waals surface area contributed by atoms with Crippen LogP contribution in [-0.2, 0) is 0 Å². The Labute approximate surface area is 127 Å². The third-order valence-electron chi connectivity index (χ3n) is 3.10. The molecule has 6 heteroatoms. The molecule has 110 valence electrons. The quantitative estimate of drug-likeness (QED) is 0.654. The third-order valence-corrected chi connectivity index (χ3v) is 3.33. The smallest absolute Gasteiger partial charge is 0.311 e. The zero-order chi connectivity index (χ0) is 15.4. The van der Waals surface area contributed by atoms with Crippen molar-refractivity contribution in [3.05, 3.63) is 63.2 Å². The lowest BCUT2D eigenvalue weighted by Gasteiger charge is -2.15. The predicted octanol–water partition coefficient (Wildman–Crippen LogP) is 4.45. The third kappa shape index (κ3) is 3.51. The van der Waals surface area contributed by atoms with Crippen LogP contribution in [0.5, 0.6) is 11.5 Å². The summed E-state index contributed by atoms with van der Waals surface area (Å²) in [6.45, 7) is 1.96. The van der Waals surface area contributed by atoms with Gasteiger partial charge < -0.3 is 10.5 Å². The molecule has 0 aromatic heterocycles. The number of nitrogens with two attached hydrogens (primary N) is 1. The highest BCUT2D eigenvalue weighted by molar-refractivity contribution is 6.30. The van der Waals surface area contributed by atoms with Crippen LogP contribution < -0.4 is 10.5 Å². The van der Waals surface area contributed by atoms with Gasteiger partial charge in [-0.2, -0.15) is 0 Å². The zero-order valence-corrected chi connectivity index (χ0v) is 12.2.